The molecular formula is C17H26FNO. The standard InChI is InChI=1S/C17H26FNO/c1-13(2)19-12-17(8-4-5-9-17)11-14-6-7-16(20-3)15(18)10-14/h6-7,10,13,19H,4-5,8-9,11-12H2,1-3H3. The molecule has 2 rings (SSSR count). The van der Waals surface area contributed by atoms with Crippen LogP contribution in [0.2, 0.25) is 0 Å². The molecule has 0 heterocycles. The van der Waals surface area contributed by atoms with Crippen molar-refractivity contribution in [3.05, 3.63) is 29.6 Å². The van der Waals surface area contributed by atoms with Gasteiger partial charge in [0.1, 0.15) is 0 Å². The maximum absolute atomic E-state index is 13.8. The van der Waals surface area contributed by atoms with Crippen LogP contribution in [0, 0.1) is 11.2 Å². The summed E-state index contributed by atoms with van der Waals surface area (Å²) in [6, 6.07) is 5.87. The summed E-state index contributed by atoms with van der Waals surface area (Å²) in [7, 11) is 1.50. The van der Waals surface area contributed by atoms with Crippen molar-refractivity contribution in [2.45, 2.75) is 52.0 Å². The van der Waals surface area contributed by atoms with Crippen LogP contribution in [0.5, 0.6) is 5.75 Å². The molecule has 112 valence electrons. The molecule has 1 N–H and O–H groups in total. The zero-order chi connectivity index (χ0) is 14.6. The Hall–Kier alpha value is -1.09. The summed E-state index contributed by atoms with van der Waals surface area (Å²) < 4.78 is 18.8. The Morgan fingerprint density at radius 3 is 2.55 bits per heavy atom. The van der Waals surface area contributed by atoms with Gasteiger partial charge in [-0.25, -0.2) is 4.39 Å². The first-order valence-electron chi connectivity index (χ1n) is 7.60. The van der Waals surface area contributed by atoms with Crippen molar-refractivity contribution in [1.29, 1.82) is 0 Å². The van der Waals surface area contributed by atoms with Crippen molar-refractivity contribution < 1.29 is 9.13 Å². The molecule has 1 aromatic rings. The van der Waals surface area contributed by atoms with Gasteiger partial charge in [0.2, 0.25) is 0 Å². The quantitative estimate of drug-likeness (QED) is 0.851. The van der Waals surface area contributed by atoms with Crippen LogP contribution in [0.3, 0.4) is 0 Å². The molecule has 2 nitrogen and oxygen atoms in total. The van der Waals surface area contributed by atoms with Gasteiger partial charge < -0.3 is 10.1 Å². The van der Waals surface area contributed by atoms with Crippen LogP contribution >= 0.6 is 0 Å². The molecule has 0 radical (unpaired) electrons. The lowest BCUT2D eigenvalue weighted by atomic mass is 9.79. The monoisotopic (exact) mass is 279 g/mol. The molecule has 0 unspecified atom stereocenters. The zero-order valence-electron chi connectivity index (χ0n) is 12.8. The third-order valence-corrected chi connectivity index (χ3v) is 4.34. The highest BCUT2D eigenvalue weighted by Crippen LogP contribution is 2.41. The second-order valence-electron chi connectivity index (χ2n) is 6.39. The number of rotatable bonds is 6. The molecule has 0 amide bonds. The summed E-state index contributed by atoms with van der Waals surface area (Å²) in [5.41, 5.74) is 1.38. The zero-order valence-corrected chi connectivity index (χ0v) is 12.8. The molecule has 0 spiro atoms. The molecule has 0 atom stereocenters. The molecule has 1 fully saturated rings. The summed E-state index contributed by atoms with van der Waals surface area (Å²) in [6.07, 6.45) is 6.01. The summed E-state index contributed by atoms with van der Waals surface area (Å²) >= 11 is 0. The molecule has 0 bridgehead atoms. The Kier molecular flexibility index (Phi) is 5.03. The molecule has 0 aliphatic heterocycles. The number of methoxy groups -OCH3 is 1. The average molecular weight is 279 g/mol. The minimum Gasteiger partial charge on any atom is -0.494 e. The van der Waals surface area contributed by atoms with Gasteiger partial charge in [-0.3, -0.25) is 0 Å². The van der Waals surface area contributed by atoms with Crippen molar-refractivity contribution in [3.63, 3.8) is 0 Å². The van der Waals surface area contributed by atoms with Crippen molar-refractivity contribution >= 4 is 0 Å². The Bertz CT molecular complexity index is 439. The third-order valence-electron chi connectivity index (χ3n) is 4.34. The summed E-state index contributed by atoms with van der Waals surface area (Å²) in [5, 5.41) is 3.57. The van der Waals surface area contributed by atoms with Crippen molar-refractivity contribution in [3.8, 4) is 5.75 Å². The molecule has 20 heavy (non-hydrogen) atoms. The molecule has 1 aliphatic carbocycles. The predicted octanol–water partition coefficient (Wildman–Crippen LogP) is 3.94. The van der Waals surface area contributed by atoms with Gasteiger partial charge in [0.25, 0.3) is 0 Å². The van der Waals surface area contributed by atoms with E-state index < -0.39 is 0 Å². The van der Waals surface area contributed by atoms with E-state index in [4.69, 9.17) is 4.74 Å². The van der Waals surface area contributed by atoms with Crippen molar-refractivity contribution in [1.82, 2.24) is 5.32 Å². The van der Waals surface area contributed by atoms with E-state index in [1.807, 2.05) is 6.07 Å². The lowest BCUT2D eigenvalue weighted by Gasteiger charge is -2.30. The molecule has 0 saturated heterocycles. The molecule has 1 saturated carbocycles. The van der Waals surface area contributed by atoms with E-state index in [1.54, 1.807) is 12.1 Å². The van der Waals surface area contributed by atoms with Crippen LogP contribution in [-0.2, 0) is 6.42 Å². The van der Waals surface area contributed by atoms with Gasteiger partial charge in [0.15, 0.2) is 11.6 Å². The van der Waals surface area contributed by atoms with Crippen LogP contribution < -0.4 is 10.1 Å². The van der Waals surface area contributed by atoms with Crippen LogP contribution in [0.4, 0.5) is 4.39 Å². The fourth-order valence-corrected chi connectivity index (χ4v) is 3.21. The highest BCUT2D eigenvalue weighted by molar-refractivity contribution is 5.30. The average Bonchev–Trinajstić information content (AvgIpc) is 2.86. The molecule has 1 aliphatic rings. The van der Waals surface area contributed by atoms with Crippen LogP contribution in [0.15, 0.2) is 18.2 Å². The van der Waals surface area contributed by atoms with Gasteiger partial charge >= 0.3 is 0 Å². The second-order valence-corrected chi connectivity index (χ2v) is 6.39. The summed E-state index contributed by atoms with van der Waals surface area (Å²) in [6.45, 7) is 5.38. The van der Waals surface area contributed by atoms with E-state index in [2.05, 4.69) is 19.2 Å². The number of halogens is 1. The summed E-state index contributed by atoms with van der Waals surface area (Å²) in [5.74, 6) is 0.0736. The maximum Gasteiger partial charge on any atom is 0.165 e. The van der Waals surface area contributed by atoms with Gasteiger partial charge in [0, 0.05) is 12.6 Å². The van der Waals surface area contributed by atoms with Gasteiger partial charge in [-0.05, 0) is 42.4 Å². The fraction of sp³-hybridized carbons (Fsp3) is 0.647. The highest BCUT2D eigenvalue weighted by atomic mass is 19.1. The normalized spacial score (nSPS) is 17.6. The van der Waals surface area contributed by atoms with E-state index in [0.29, 0.717) is 17.2 Å². The summed E-state index contributed by atoms with van der Waals surface area (Å²) in [4.78, 5) is 0. The second kappa shape index (κ2) is 6.57. The smallest absolute Gasteiger partial charge is 0.165 e. The van der Waals surface area contributed by atoms with Gasteiger partial charge in [0.05, 0.1) is 7.11 Å². The number of ether oxygens (including phenoxy) is 1. The minimum atomic E-state index is -0.255. The number of benzene rings is 1. The Morgan fingerprint density at radius 1 is 1.30 bits per heavy atom. The Labute approximate surface area is 121 Å². The third kappa shape index (κ3) is 3.72. The van der Waals surface area contributed by atoms with E-state index in [0.717, 1.165) is 18.5 Å². The minimum absolute atomic E-state index is 0.255. The first-order chi connectivity index (χ1) is 9.54. The van der Waals surface area contributed by atoms with E-state index in [-0.39, 0.29) is 5.82 Å². The predicted molar refractivity (Wildman–Crippen MR) is 80.7 cm³/mol. The van der Waals surface area contributed by atoms with Gasteiger partial charge in [-0.2, -0.15) is 0 Å². The van der Waals surface area contributed by atoms with Crippen LogP contribution in [0.1, 0.15) is 45.1 Å². The number of hydrogen-bond donors (Lipinski definition) is 1. The van der Waals surface area contributed by atoms with Crippen LogP contribution in [0.25, 0.3) is 0 Å². The first kappa shape index (κ1) is 15.3. The highest BCUT2D eigenvalue weighted by Gasteiger charge is 2.33. The molecule has 3 heteroatoms. The molecule has 1 aromatic carbocycles. The largest absolute Gasteiger partial charge is 0.494 e. The number of nitrogens with one attached hydrogen (secondary N) is 1. The fourth-order valence-electron chi connectivity index (χ4n) is 3.21. The molecular weight excluding hydrogens is 253 g/mol. The lowest BCUT2D eigenvalue weighted by Crippen LogP contribution is -2.37. The first-order valence-corrected chi connectivity index (χ1v) is 7.60. The SMILES string of the molecule is COc1ccc(CC2(CNC(C)C)CCCC2)cc1F. The lowest BCUT2D eigenvalue weighted by molar-refractivity contribution is 0.268. The van der Waals surface area contributed by atoms with E-state index in [1.165, 1.54) is 32.8 Å². The Morgan fingerprint density at radius 2 is 2.00 bits per heavy atom. The Balaban J connectivity index is 2.09. The van der Waals surface area contributed by atoms with Crippen molar-refractivity contribution in [2.75, 3.05) is 13.7 Å². The van der Waals surface area contributed by atoms with E-state index in [9.17, 15) is 4.39 Å². The van der Waals surface area contributed by atoms with Crippen molar-refractivity contribution in [2.24, 2.45) is 5.41 Å². The molecule has 0 aromatic heterocycles. The van der Waals surface area contributed by atoms with Gasteiger partial charge in [-0.1, -0.05) is 32.8 Å². The maximum atomic E-state index is 13.8. The van der Waals surface area contributed by atoms with Crippen LogP contribution in [-0.4, -0.2) is 19.7 Å². The topological polar surface area (TPSA) is 21.3 Å². The van der Waals surface area contributed by atoms with E-state index >= 15 is 0 Å². The number of hydrogen-bond acceptors (Lipinski definition) is 2. The van der Waals surface area contributed by atoms with Gasteiger partial charge in [-0.15, -0.1) is 0 Å².